The summed E-state index contributed by atoms with van der Waals surface area (Å²) in [5.41, 5.74) is 0.869. The summed E-state index contributed by atoms with van der Waals surface area (Å²) in [5, 5.41) is 13.8. The highest BCUT2D eigenvalue weighted by atomic mass is 32.2. The Bertz CT molecular complexity index is 1470. The summed E-state index contributed by atoms with van der Waals surface area (Å²) in [6.45, 7) is 7.01. The fraction of sp³-hybridized carbons (Fsp3) is 0.407. The fourth-order valence-electron chi connectivity index (χ4n) is 3.71. The minimum Gasteiger partial charge on any atom is -0.493 e. The van der Waals surface area contributed by atoms with E-state index in [1.54, 1.807) is 57.5 Å². The first-order chi connectivity index (χ1) is 20.1. The average molecular weight is 620 g/mol. The molecule has 0 saturated carbocycles. The van der Waals surface area contributed by atoms with Crippen molar-refractivity contribution < 1.29 is 38.1 Å². The number of amides is 2. The van der Waals surface area contributed by atoms with Crippen LogP contribution < -0.4 is 20.1 Å². The first-order valence-electron chi connectivity index (χ1n) is 12.9. The lowest BCUT2D eigenvalue weighted by atomic mass is 10.1. The van der Waals surface area contributed by atoms with Crippen LogP contribution in [0.5, 0.6) is 11.5 Å². The molecule has 0 bridgehead atoms. The first-order valence-corrected chi connectivity index (χ1v) is 14.6. The zero-order valence-corrected chi connectivity index (χ0v) is 26.0. The predicted molar refractivity (Wildman–Crippen MR) is 157 cm³/mol. The Kier molecular flexibility index (Phi) is 11.3. The van der Waals surface area contributed by atoms with Gasteiger partial charge in [-0.3, -0.25) is 9.59 Å². The molecule has 226 valence electrons. The van der Waals surface area contributed by atoms with E-state index in [0.29, 0.717) is 33.6 Å². The Labute approximate surface area is 251 Å². The highest BCUT2D eigenvalue weighted by molar-refractivity contribution is 8.00. The molecule has 2 heterocycles. The number of thioether (sulfide) groups is 1. The molecule has 0 spiro atoms. The molecule has 2 amide bonds. The Balaban J connectivity index is 1.69. The van der Waals surface area contributed by atoms with E-state index in [-0.39, 0.29) is 41.1 Å². The Morgan fingerprint density at radius 2 is 1.69 bits per heavy atom. The summed E-state index contributed by atoms with van der Waals surface area (Å²) in [6, 6.07) is 4.83. The molecule has 0 aliphatic carbocycles. The van der Waals surface area contributed by atoms with Crippen molar-refractivity contribution in [1.82, 2.24) is 20.1 Å². The van der Waals surface area contributed by atoms with E-state index < -0.39 is 23.1 Å². The molecular formula is C27H33N5O8S2. The van der Waals surface area contributed by atoms with E-state index in [9.17, 15) is 19.2 Å². The molecule has 2 aromatic heterocycles. The van der Waals surface area contributed by atoms with E-state index in [4.69, 9.17) is 18.9 Å². The molecule has 3 aromatic rings. The number of hydrogen-bond acceptors (Lipinski definition) is 12. The highest BCUT2D eigenvalue weighted by Gasteiger charge is 2.29. The zero-order valence-electron chi connectivity index (χ0n) is 24.4. The van der Waals surface area contributed by atoms with Crippen LogP contribution in [-0.2, 0) is 27.9 Å². The van der Waals surface area contributed by atoms with Gasteiger partial charge in [-0.15, -0.1) is 21.5 Å². The van der Waals surface area contributed by atoms with E-state index >= 15 is 0 Å². The molecule has 0 aliphatic heterocycles. The monoisotopic (exact) mass is 619 g/mol. The van der Waals surface area contributed by atoms with Crippen LogP contribution in [-0.4, -0.2) is 71.2 Å². The second-order valence-electron chi connectivity index (χ2n) is 8.66. The van der Waals surface area contributed by atoms with Gasteiger partial charge in [0.2, 0.25) is 5.91 Å². The van der Waals surface area contributed by atoms with Crippen molar-refractivity contribution in [2.75, 3.05) is 32.8 Å². The number of hydrogen-bond donors (Lipinski definition) is 2. The van der Waals surface area contributed by atoms with E-state index in [1.807, 2.05) is 0 Å². The van der Waals surface area contributed by atoms with Crippen molar-refractivity contribution in [2.24, 2.45) is 7.05 Å². The maximum atomic E-state index is 13.1. The third-order valence-corrected chi connectivity index (χ3v) is 8.27. The number of carbonyl (C=O) groups excluding carboxylic acids is 4. The third-order valence-electron chi connectivity index (χ3n) is 5.95. The van der Waals surface area contributed by atoms with Crippen LogP contribution in [0.1, 0.15) is 62.5 Å². The van der Waals surface area contributed by atoms with Gasteiger partial charge in [-0.05, 0) is 51.5 Å². The molecule has 3 rings (SSSR count). The number of rotatable bonds is 13. The van der Waals surface area contributed by atoms with Crippen molar-refractivity contribution in [3.63, 3.8) is 0 Å². The molecule has 0 aliphatic rings. The van der Waals surface area contributed by atoms with Crippen LogP contribution in [0.25, 0.3) is 0 Å². The fourth-order valence-corrected chi connectivity index (χ4v) is 5.63. The van der Waals surface area contributed by atoms with Gasteiger partial charge in [0.1, 0.15) is 9.88 Å². The lowest BCUT2D eigenvalue weighted by Crippen LogP contribution is -2.25. The minimum absolute atomic E-state index is 0.0891. The summed E-state index contributed by atoms with van der Waals surface area (Å²) in [5.74, 6) is -0.590. The summed E-state index contributed by atoms with van der Waals surface area (Å²) >= 11 is 2.09. The van der Waals surface area contributed by atoms with Gasteiger partial charge in [-0.2, -0.15) is 0 Å². The highest BCUT2D eigenvalue weighted by Crippen LogP contribution is 2.35. The summed E-state index contributed by atoms with van der Waals surface area (Å²) in [4.78, 5) is 51.1. The molecule has 1 atom stereocenters. The van der Waals surface area contributed by atoms with Crippen LogP contribution in [0.15, 0.2) is 23.4 Å². The first kappa shape index (κ1) is 32.4. The second-order valence-corrected chi connectivity index (χ2v) is 11.0. The van der Waals surface area contributed by atoms with Gasteiger partial charge in [-0.1, -0.05) is 11.8 Å². The normalized spacial score (nSPS) is 11.4. The van der Waals surface area contributed by atoms with Gasteiger partial charge in [0.25, 0.3) is 5.91 Å². The molecule has 0 fully saturated rings. The van der Waals surface area contributed by atoms with Crippen molar-refractivity contribution in [3.8, 4) is 11.5 Å². The largest absolute Gasteiger partial charge is 0.493 e. The lowest BCUT2D eigenvalue weighted by molar-refractivity contribution is -0.115. The van der Waals surface area contributed by atoms with Crippen LogP contribution in [0, 0.1) is 6.92 Å². The van der Waals surface area contributed by atoms with Crippen molar-refractivity contribution in [3.05, 3.63) is 45.6 Å². The zero-order chi connectivity index (χ0) is 31.0. The number of esters is 2. The van der Waals surface area contributed by atoms with Gasteiger partial charge in [0, 0.05) is 12.6 Å². The van der Waals surface area contributed by atoms with Gasteiger partial charge in [0.05, 0.1) is 44.8 Å². The number of benzene rings is 1. The molecule has 0 unspecified atom stereocenters. The second kappa shape index (κ2) is 14.7. The predicted octanol–water partition coefficient (Wildman–Crippen LogP) is 3.60. The summed E-state index contributed by atoms with van der Waals surface area (Å²) in [6.07, 6.45) is 0. The minimum atomic E-state index is -0.661. The molecular weight excluding hydrogens is 586 g/mol. The van der Waals surface area contributed by atoms with Crippen molar-refractivity contribution in [2.45, 2.75) is 44.6 Å². The number of ether oxygens (including phenoxy) is 4. The summed E-state index contributed by atoms with van der Waals surface area (Å²) < 4.78 is 22.4. The molecule has 0 saturated heterocycles. The molecule has 0 radical (unpaired) electrons. The van der Waals surface area contributed by atoms with Crippen LogP contribution in [0.2, 0.25) is 0 Å². The summed E-state index contributed by atoms with van der Waals surface area (Å²) in [7, 11) is 4.72. The van der Waals surface area contributed by atoms with Gasteiger partial charge in [0.15, 0.2) is 22.5 Å². The number of nitrogens with one attached hydrogen (secondary N) is 2. The number of anilines is 1. The van der Waals surface area contributed by atoms with Gasteiger partial charge >= 0.3 is 11.9 Å². The van der Waals surface area contributed by atoms with E-state index in [2.05, 4.69) is 20.8 Å². The lowest BCUT2D eigenvalue weighted by Gasteiger charge is -2.12. The van der Waals surface area contributed by atoms with Gasteiger partial charge in [-0.25, -0.2) is 9.59 Å². The van der Waals surface area contributed by atoms with Crippen molar-refractivity contribution in [1.29, 1.82) is 0 Å². The van der Waals surface area contributed by atoms with E-state index in [0.717, 1.165) is 23.1 Å². The van der Waals surface area contributed by atoms with Gasteiger partial charge < -0.3 is 34.1 Å². The van der Waals surface area contributed by atoms with Crippen LogP contribution in [0.3, 0.4) is 0 Å². The molecule has 15 heteroatoms. The molecule has 1 aromatic carbocycles. The third kappa shape index (κ3) is 7.39. The van der Waals surface area contributed by atoms with Crippen molar-refractivity contribution >= 4 is 51.9 Å². The molecule has 2 N–H and O–H groups in total. The Morgan fingerprint density at radius 3 is 2.33 bits per heavy atom. The van der Waals surface area contributed by atoms with Crippen LogP contribution in [0.4, 0.5) is 5.00 Å². The smallest absolute Gasteiger partial charge is 0.348 e. The maximum absolute atomic E-state index is 13.1. The maximum Gasteiger partial charge on any atom is 0.348 e. The standard InChI is InChI=1S/C27H33N5O8S2/c1-8-39-25(35)20-14(3)21(26(36)40-9-2)42-24(20)29-22(33)15(4)41-27-31-30-19(32(27)5)13-28-23(34)16-10-11-17(37-6)18(12-16)38-7/h10-12,15H,8-9,13H2,1-7H3,(H,28,34)(H,29,33)/t15-/m1/s1. The Morgan fingerprint density at radius 1 is 1.02 bits per heavy atom. The number of thiophene rings is 1. The topological polar surface area (TPSA) is 160 Å². The SMILES string of the molecule is CCOC(=O)c1sc(NC(=O)[C@@H](C)Sc2nnc(CNC(=O)c3ccc(OC)c(OC)c3)n2C)c(C(=O)OCC)c1C. The number of nitrogens with zero attached hydrogens (tertiary/aromatic N) is 3. The van der Waals surface area contributed by atoms with Crippen LogP contribution >= 0.6 is 23.1 Å². The molecule has 42 heavy (non-hydrogen) atoms. The number of carbonyl (C=O) groups is 4. The van der Waals surface area contributed by atoms with E-state index in [1.165, 1.54) is 14.2 Å². The number of aromatic nitrogens is 3. The number of methoxy groups -OCH3 is 2. The average Bonchev–Trinajstić information content (AvgIpc) is 3.49. The quantitative estimate of drug-likeness (QED) is 0.213. The Hall–Kier alpha value is -4.11. The molecule has 13 nitrogen and oxygen atoms in total.